The van der Waals surface area contributed by atoms with Crippen molar-refractivity contribution in [1.29, 1.82) is 0 Å². The highest BCUT2D eigenvalue weighted by molar-refractivity contribution is 8.00. The van der Waals surface area contributed by atoms with Crippen LogP contribution in [0.4, 0.5) is 0 Å². The smallest absolute Gasteiger partial charge is 0.212 e. The maximum absolute atomic E-state index is 4.51. The molecular formula is C14H16N6S2. The van der Waals surface area contributed by atoms with Gasteiger partial charge in [0.25, 0.3) is 0 Å². The monoisotopic (exact) mass is 332 g/mol. The summed E-state index contributed by atoms with van der Waals surface area (Å²) in [5.74, 6) is 1.18. The van der Waals surface area contributed by atoms with Crippen LogP contribution in [-0.4, -0.2) is 29.6 Å². The van der Waals surface area contributed by atoms with E-state index in [0.29, 0.717) is 11.1 Å². The molecule has 0 bridgehead atoms. The SMILES string of the molecule is Cc1ccc(-n2nnnc2Sc2nc(C(C)C)ns2)cc1C. The molecule has 0 saturated heterocycles. The van der Waals surface area contributed by atoms with Gasteiger partial charge in [-0.1, -0.05) is 19.9 Å². The number of aryl methyl sites for hydroxylation is 2. The van der Waals surface area contributed by atoms with Crippen molar-refractivity contribution in [2.45, 2.75) is 43.1 Å². The molecule has 114 valence electrons. The van der Waals surface area contributed by atoms with Crippen molar-refractivity contribution in [3.8, 4) is 5.69 Å². The third kappa shape index (κ3) is 3.02. The van der Waals surface area contributed by atoms with Gasteiger partial charge < -0.3 is 0 Å². The number of tetrazole rings is 1. The third-order valence-electron chi connectivity index (χ3n) is 3.29. The number of nitrogens with zero attached hydrogens (tertiary/aromatic N) is 6. The summed E-state index contributed by atoms with van der Waals surface area (Å²) in [4.78, 5) is 4.51. The van der Waals surface area contributed by atoms with E-state index in [1.807, 2.05) is 6.07 Å². The first-order chi connectivity index (χ1) is 10.5. The Morgan fingerprint density at radius 2 is 2.00 bits per heavy atom. The molecule has 3 rings (SSSR count). The van der Waals surface area contributed by atoms with Crippen LogP contribution < -0.4 is 0 Å². The van der Waals surface area contributed by atoms with Crippen LogP contribution in [0.15, 0.2) is 27.7 Å². The van der Waals surface area contributed by atoms with Crippen molar-refractivity contribution >= 4 is 23.3 Å². The maximum Gasteiger partial charge on any atom is 0.221 e. The zero-order valence-electron chi connectivity index (χ0n) is 12.8. The standard InChI is InChI=1S/C14H16N6S2/c1-8(2)12-15-14(22-17-12)21-13-16-18-19-20(13)11-6-5-9(3)10(4)7-11/h5-8H,1-4H3. The molecular weight excluding hydrogens is 316 g/mol. The van der Waals surface area contributed by atoms with Gasteiger partial charge >= 0.3 is 0 Å². The van der Waals surface area contributed by atoms with E-state index in [1.54, 1.807) is 4.68 Å². The van der Waals surface area contributed by atoms with Crippen LogP contribution >= 0.6 is 23.3 Å². The zero-order chi connectivity index (χ0) is 15.7. The molecule has 0 atom stereocenters. The molecule has 1 aromatic carbocycles. The molecule has 8 heteroatoms. The fourth-order valence-electron chi connectivity index (χ4n) is 1.84. The van der Waals surface area contributed by atoms with Gasteiger partial charge in [-0.05, 0) is 70.8 Å². The second kappa shape index (κ2) is 6.13. The fourth-order valence-corrected chi connectivity index (χ4v) is 3.48. The van der Waals surface area contributed by atoms with Crippen molar-refractivity contribution in [3.05, 3.63) is 35.2 Å². The predicted octanol–water partition coefficient (Wildman–Crippen LogP) is 3.41. The Balaban J connectivity index is 1.89. The Bertz CT molecular complexity index is 792. The lowest BCUT2D eigenvalue weighted by Crippen LogP contribution is -2.00. The second-order valence-electron chi connectivity index (χ2n) is 5.32. The van der Waals surface area contributed by atoms with Crippen molar-refractivity contribution in [2.24, 2.45) is 0 Å². The molecule has 0 unspecified atom stereocenters. The predicted molar refractivity (Wildman–Crippen MR) is 86.7 cm³/mol. The van der Waals surface area contributed by atoms with E-state index in [0.717, 1.165) is 15.9 Å². The summed E-state index contributed by atoms with van der Waals surface area (Å²) in [5.41, 5.74) is 3.41. The van der Waals surface area contributed by atoms with Crippen LogP contribution in [0, 0.1) is 13.8 Å². The Labute approximate surface area is 137 Å². The van der Waals surface area contributed by atoms with E-state index in [4.69, 9.17) is 0 Å². The van der Waals surface area contributed by atoms with Crippen LogP contribution in [0.2, 0.25) is 0 Å². The lowest BCUT2D eigenvalue weighted by atomic mass is 10.1. The van der Waals surface area contributed by atoms with Crippen LogP contribution in [0.1, 0.15) is 36.7 Å². The summed E-state index contributed by atoms with van der Waals surface area (Å²) in [6.45, 7) is 8.32. The number of hydrogen-bond donors (Lipinski definition) is 0. The number of hydrogen-bond acceptors (Lipinski definition) is 7. The molecule has 0 aliphatic rings. The van der Waals surface area contributed by atoms with Gasteiger partial charge in [-0.3, -0.25) is 0 Å². The van der Waals surface area contributed by atoms with E-state index < -0.39 is 0 Å². The Morgan fingerprint density at radius 3 is 2.68 bits per heavy atom. The van der Waals surface area contributed by atoms with Gasteiger partial charge in [0.15, 0.2) is 4.34 Å². The minimum atomic E-state index is 0.321. The fraction of sp³-hybridized carbons (Fsp3) is 0.357. The van der Waals surface area contributed by atoms with Gasteiger partial charge in [-0.15, -0.1) is 5.10 Å². The first kappa shape index (κ1) is 15.1. The summed E-state index contributed by atoms with van der Waals surface area (Å²) in [7, 11) is 0. The van der Waals surface area contributed by atoms with E-state index in [1.165, 1.54) is 34.4 Å². The van der Waals surface area contributed by atoms with E-state index in [2.05, 4.69) is 64.7 Å². The molecule has 0 radical (unpaired) electrons. The largest absolute Gasteiger partial charge is 0.221 e. The molecule has 22 heavy (non-hydrogen) atoms. The number of rotatable bonds is 4. The van der Waals surface area contributed by atoms with Gasteiger partial charge in [-0.2, -0.15) is 9.06 Å². The van der Waals surface area contributed by atoms with E-state index >= 15 is 0 Å². The lowest BCUT2D eigenvalue weighted by molar-refractivity contribution is 0.754. The molecule has 0 amide bonds. The van der Waals surface area contributed by atoms with Crippen molar-refractivity contribution in [2.75, 3.05) is 0 Å². The highest BCUT2D eigenvalue weighted by atomic mass is 32.2. The molecule has 6 nitrogen and oxygen atoms in total. The van der Waals surface area contributed by atoms with Crippen molar-refractivity contribution < 1.29 is 0 Å². The first-order valence-electron chi connectivity index (χ1n) is 6.92. The highest BCUT2D eigenvalue weighted by Gasteiger charge is 2.15. The van der Waals surface area contributed by atoms with Gasteiger partial charge in [0.05, 0.1) is 5.69 Å². The van der Waals surface area contributed by atoms with Crippen molar-refractivity contribution in [3.63, 3.8) is 0 Å². The van der Waals surface area contributed by atoms with Crippen LogP contribution in [0.25, 0.3) is 5.69 Å². The number of benzene rings is 1. The molecule has 0 fully saturated rings. The topological polar surface area (TPSA) is 69.4 Å². The zero-order valence-corrected chi connectivity index (χ0v) is 14.4. The molecule has 0 N–H and O–H groups in total. The molecule has 0 aliphatic carbocycles. The Hall–Kier alpha value is -1.80. The maximum atomic E-state index is 4.51. The molecule has 2 aromatic heterocycles. The van der Waals surface area contributed by atoms with E-state index in [-0.39, 0.29) is 0 Å². The average Bonchev–Trinajstić information content (AvgIpc) is 3.12. The highest BCUT2D eigenvalue weighted by Crippen LogP contribution is 2.29. The lowest BCUT2D eigenvalue weighted by Gasteiger charge is -2.05. The molecule has 0 spiro atoms. The van der Waals surface area contributed by atoms with Gasteiger partial charge in [0, 0.05) is 5.92 Å². The van der Waals surface area contributed by atoms with Crippen LogP contribution in [-0.2, 0) is 0 Å². The van der Waals surface area contributed by atoms with E-state index in [9.17, 15) is 0 Å². The van der Waals surface area contributed by atoms with Crippen molar-refractivity contribution in [1.82, 2.24) is 29.6 Å². The minimum Gasteiger partial charge on any atom is -0.212 e. The Kier molecular flexibility index (Phi) is 4.21. The Morgan fingerprint density at radius 1 is 1.18 bits per heavy atom. The molecule has 0 aliphatic heterocycles. The first-order valence-corrected chi connectivity index (χ1v) is 8.51. The van der Waals surface area contributed by atoms with Crippen LogP contribution in [0.5, 0.6) is 0 Å². The summed E-state index contributed by atoms with van der Waals surface area (Å²) < 4.78 is 6.94. The molecule has 3 aromatic rings. The summed E-state index contributed by atoms with van der Waals surface area (Å²) in [6, 6.07) is 6.17. The quantitative estimate of drug-likeness (QED) is 0.729. The van der Waals surface area contributed by atoms with Gasteiger partial charge in [0.2, 0.25) is 5.16 Å². The van der Waals surface area contributed by atoms with Gasteiger partial charge in [0.1, 0.15) is 5.82 Å². The number of aromatic nitrogens is 6. The summed E-state index contributed by atoms with van der Waals surface area (Å²) in [5, 5.41) is 12.7. The second-order valence-corrected chi connectivity index (χ2v) is 7.28. The van der Waals surface area contributed by atoms with Gasteiger partial charge in [-0.25, -0.2) is 4.98 Å². The average molecular weight is 332 g/mol. The molecule has 0 saturated carbocycles. The third-order valence-corrected chi connectivity index (χ3v) is 5.00. The summed E-state index contributed by atoms with van der Waals surface area (Å²) in [6.07, 6.45) is 0. The summed E-state index contributed by atoms with van der Waals surface area (Å²) >= 11 is 2.81. The molecule has 2 heterocycles. The van der Waals surface area contributed by atoms with Crippen LogP contribution in [0.3, 0.4) is 0 Å². The minimum absolute atomic E-state index is 0.321. The normalized spacial score (nSPS) is 11.3.